The second kappa shape index (κ2) is 14.2. The van der Waals surface area contributed by atoms with Crippen LogP contribution in [0.25, 0.3) is 0 Å². The zero-order valence-corrected chi connectivity index (χ0v) is 19.2. The lowest BCUT2D eigenvalue weighted by Gasteiger charge is -2.38. The van der Waals surface area contributed by atoms with Crippen LogP contribution < -0.4 is 10.6 Å². The van der Waals surface area contributed by atoms with E-state index in [1.807, 2.05) is 7.05 Å². The lowest BCUT2D eigenvalue weighted by Crippen LogP contribution is -2.48. The van der Waals surface area contributed by atoms with Crippen molar-refractivity contribution in [2.45, 2.75) is 44.4 Å². The average Bonchev–Trinajstić information content (AvgIpc) is 2.71. The highest BCUT2D eigenvalue weighted by Gasteiger charge is 2.34. The van der Waals surface area contributed by atoms with E-state index in [4.69, 9.17) is 9.47 Å². The van der Waals surface area contributed by atoms with Gasteiger partial charge in [-0.15, -0.1) is 24.0 Å². The van der Waals surface area contributed by atoms with Crippen LogP contribution in [-0.2, 0) is 14.9 Å². The molecule has 6 heteroatoms. The molecule has 0 atom stereocenters. The standard InChI is InChI=1S/C21H35N3O2.HI/c1-3-4-14-25-15-8-13-23-20(22-2)24-18-21(11-16-26-17-12-21)19-9-6-5-7-10-19;/h5-7,9-10H,3-4,8,11-18H2,1-2H3,(H2,22,23,24);1H. The van der Waals surface area contributed by atoms with Crippen molar-refractivity contribution in [1.82, 2.24) is 10.6 Å². The number of nitrogens with zero attached hydrogens (tertiary/aromatic N) is 1. The maximum absolute atomic E-state index is 5.61. The molecule has 0 unspecified atom stereocenters. The fourth-order valence-corrected chi connectivity index (χ4v) is 3.32. The van der Waals surface area contributed by atoms with Gasteiger partial charge in [0.2, 0.25) is 0 Å². The third kappa shape index (κ3) is 8.35. The van der Waals surface area contributed by atoms with E-state index in [1.54, 1.807) is 0 Å². The monoisotopic (exact) mass is 489 g/mol. The Labute approximate surface area is 181 Å². The molecule has 0 bridgehead atoms. The molecule has 1 heterocycles. The summed E-state index contributed by atoms with van der Waals surface area (Å²) < 4.78 is 11.2. The molecule has 2 rings (SSSR count). The summed E-state index contributed by atoms with van der Waals surface area (Å²) in [5.74, 6) is 0.861. The number of aliphatic imine (C=N–C) groups is 1. The Morgan fingerprint density at radius 3 is 2.48 bits per heavy atom. The first kappa shape index (κ1) is 24.2. The summed E-state index contributed by atoms with van der Waals surface area (Å²) in [5, 5.41) is 6.93. The maximum atomic E-state index is 5.61. The van der Waals surface area contributed by atoms with E-state index in [2.05, 4.69) is 52.9 Å². The van der Waals surface area contributed by atoms with Crippen molar-refractivity contribution in [1.29, 1.82) is 0 Å². The minimum absolute atomic E-state index is 0. The minimum atomic E-state index is 0. The molecule has 1 aromatic rings. The van der Waals surface area contributed by atoms with E-state index in [0.29, 0.717) is 0 Å². The van der Waals surface area contributed by atoms with Crippen molar-refractivity contribution >= 4 is 29.9 Å². The lowest BCUT2D eigenvalue weighted by atomic mass is 9.74. The fourth-order valence-electron chi connectivity index (χ4n) is 3.32. The molecule has 0 aliphatic carbocycles. The first-order valence-electron chi connectivity index (χ1n) is 9.96. The van der Waals surface area contributed by atoms with Crippen LogP contribution in [0, 0.1) is 0 Å². The molecule has 2 N–H and O–H groups in total. The molecule has 1 aliphatic heterocycles. The first-order valence-corrected chi connectivity index (χ1v) is 9.96. The predicted octanol–water partition coefficient (Wildman–Crippen LogP) is 3.72. The Bertz CT molecular complexity index is 519. The zero-order chi connectivity index (χ0) is 18.5. The fraction of sp³-hybridized carbons (Fsp3) is 0.667. The van der Waals surface area contributed by atoms with Crippen molar-refractivity contribution in [2.75, 3.05) is 46.6 Å². The number of ether oxygens (including phenoxy) is 2. The van der Waals surface area contributed by atoms with Gasteiger partial charge in [-0.1, -0.05) is 43.7 Å². The molecule has 27 heavy (non-hydrogen) atoms. The molecule has 0 spiro atoms. The van der Waals surface area contributed by atoms with Gasteiger partial charge in [0, 0.05) is 52.0 Å². The molecule has 1 aromatic carbocycles. The summed E-state index contributed by atoms with van der Waals surface area (Å²) in [6, 6.07) is 10.8. The Hall–Kier alpha value is -0.860. The Kier molecular flexibility index (Phi) is 12.7. The van der Waals surface area contributed by atoms with Crippen LogP contribution in [0.15, 0.2) is 35.3 Å². The van der Waals surface area contributed by atoms with Gasteiger partial charge in [0.15, 0.2) is 5.96 Å². The van der Waals surface area contributed by atoms with Crippen molar-refractivity contribution in [3.63, 3.8) is 0 Å². The quantitative estimate of drug-likeness (QED) is 0.228. The van der Waals surface area contributed by atoms with Crippen molar-refractivity contribution in [3.05, 3.63) is 35.9 Å². The normalized spacial score (nSPS) is 16.4. The molecule has 0 amide bonds. The average molecular weight is 489 g/mol. The van der Waals surface area contributed by atoms with Gasteiger partial charge in [-0.25, -0.2) is 0 Å². The zero-order valence-electron chi connectivity index (χ0n) is 16.8. The molecule has 1 fully saturated rings. The van der Waals surface area contributed by atoms with E-state index in [1.165, 1.54) is 12.0 Å². The number of hydrogen-bond donors (Lipinski definition) is 2. The van der Waals surface area contributed by atoms with Crippen LogP contribution >= 0.6 is 24.0 Å². The van der Waals surface area contributed by atoms with E-state index in [9.17, 15) is 0 Å². The number of guanidine groups is 1. The summed E-state index contributed by atoms with van der Waals surface area (Å²) in [4.78, 5) is 4.37. The van der Waals surface area contributed by atoms with E-state index >= 15 is 0 Å². The number of nitrogens with one attached hydrogen (secondary N) is 2. The highest BCUT2D eigenvalue weighted by atomic mass is 127. The second-order valence-corrected chi connectivity index (χ2v) is 6.93. The summed E-state index contributed by atoms with van der Waals surface area (Å²) in [6.45, 7) is 7.22. The second-order valence-electron chi connectivity index (χ2n) is 6.93. The lowest BCUT2D eigenvalue weighted by molar-refractivity contribution is 0.0514. The summed E-state index contributed by atoms with van der Waals surface area (Å²) >= 11 is 0. The largest absolute Gasteiger partial charge is 0.381 e. The van der Waals surface area contributed by atoms with E-state index in [-0.39, 0.29) is 29.4 Å². The van der Waals surface area contributed by atoms with Crippen molar-refractivity contribution in [2.24, 2.45) is 4.99 Å². The number of unbranched alkanes of at least 4 members (excludes halogenated alkanes) is 1. The number of benzene rings is 1. The number of rotatable bonds is 10. The summed E-state index contributed by atoms with van der Waals surface area (Å²) in [6.07, 6.45) is 5.38. The molecule has 0 radical (unpaired) electrons. The van der Waals surface area contributed by atoms with Gasteiger partial charge in [0.05, 0.1) is 0 Å². The van der Waals surface area contributed by atoms with Gasteiger partial charge < -0.3 is 20.1 Å². The highest BCUT2D eigenvalue weighted by Crippen LogP contribution is 2.34. The van der Waals surface area contributed by atoms with Gasteiger partial charge in [-0.05, 0) is 31.2 Å². The molecule has 0 aromatic heterocycles. The topological polar surface area (TPSA) is 54.9 Å². The molecule has 5 nitrogen and oxygen atoms in total. The van der Waals surface area contributed by atoms with Gasteiger partial charge in [-0.2, -0.15) is 0 Å². The third-order valence-corrected chi connectivity index (χ3v) is 5.05. The van der Waals surface area contributed by atoms with Gasteiger partial charge in [0.1, 0.15) is 0 Å². The minimum Gasteiger partial charge on any atom is -0.381 e. The van der Waals surface area contributed by atoms with Crippen LogP contribution in [0.3, 0.4) is 0 Å². The molecular weight excluding hydrogens is 453 g/mol. The number of halogens is 1. The Morgan fingerprint density at radius 2 is 1.81 bits per heavy atom. The maximum Gasteiger partial charge on any atom is 0.191 e. The van der Waals surface area contributed by atoms with Crippen LogP contribution in [0.4, 0.5) is 0 Å². The summed E-state index contributed by atoms with van der Waals surface area (Å²) in [5.41, 5.74) is 1.50. The van der Waals surface area contributed by atoms with Crippen LogP contribution in [0.2, 0.25) is 0 Å². The van der Waals surface area contributed by atoms with Crippen LogP contribution in [0.1, 0.15) is 44.6 Å². The smallest absolute Gasteiger partial charge is 0.191 e. The first-order chi connectivity index (χ1) is 12.8. The molecule has 1 aliphatic rings. The predicted molar refractivity (Wildman–Crippen MR) is 123 cm³/mol. The van der Waals surface area contributed by atoms with Gasteiger partial charge >= 0.3 is 0 Å². The summed E-state index contributed by atoms with van der Waals surface area (Å²) in [7, 11) is 1.83. The SMILES string of the molecule is CCCCOCCCNC(=NC)NCC1(c2ccccc2)CCOCC1.I. The van der Waals surface area contributed by atoms with E-state index < -0.39 is 0 Å². The third-order valence-electron chi connectivity index (χ3n) is 5.05. The molecule has 0 saturated carbocycles. The Balaban J connectivity index is 0.00000364. The van der Waals surface area contributed by atoms with Crippen LogP contribution in [0.5, 0.6) is 0 Å². The number of hydrogen-bond acceptors (Lipinski definition) is 3. The van der Waals surface area contributed by atoms with Crippen LogP contribution in [-0.4, -0.2) is 52.5 Å². The van der Waals surface area contributed by atoms with Crippen molar-refractivity contribution < 1.29 is 9.47 Å². The molecular formula is C21H36IN3O2. The van der Waals surface area contributed by atoms with E-state index in [0.717, 1.165) is 71.2 Å². The van der Waals surface area contributed by atoms with Gasteiger partial charge in [-0.3, -0.25) is 4.99 Å². The molecule has 154 valence electrons. The Morgan fingerprint density at radius 1 is 1.11 bits per heavy atom. The highest BCUT2D eigenvalue weighted by molar-refractivity contribution is 14.0. The van der Waals surface area contributed by atoms with Crippen molar-refractivity contribution in [3.8, 4) is 0 Å². The van der Waals surface area contributed by atoms with Gasteiger partial charge in [0.25, 0.3) is 0 Å². The molecule has 1 saturated heterocycles.